The van der Waals surface area contributed by atoms with Crippen molar-refractivity contribution < 1.29 is 24.5 Å². The molecule has 0 radical (unpaired) electrons. The summed E-state index contributed by atoms with van der Waals surface area (Å²) in [7, 11) is 0. The first kappa shape index (κ1) is 60.1. The topological polar surface area (TPSA) is 95.9 Å². The number of amides is 1. The number of aliphatic hydroxyl groups is 2. The second-order valence-electron chi connectivity index (χ2n) is 18.6. The third kappa shape index (κ3) is 44.7. The minimum Gasteiger partial charge on any atom is -0.462 e. The Labute approximate surface area is 385 Å². The van der Waals surface area contributed by atoms with Crippen LogP contribution in [0.5, 0.6) is 0 Å². The van der Waals surface area contributed by atoms with Crippen LogP contribution in [0, 0.1) is 0 Å². The Kier molecular flexibility index (Phi) is 48.5. The zero-order valence-electron chi connectivity index (χ0n) is 41.5. The number of unbranched alkanes of at least 4 members (excludes halogenated alkanes) is 31. The highest BCUT2D eigenvalue weighted by Crippen LogP contribution is 2.18. The molecule has 3 atom stereocenters. The van der Waals surface area contributed by atoms with Gasteiger partial charge in [0.15, 0.2) is 0 Å². The molecule has 0 aromatic carbocycles. The van der Waals surface area contributed by atoms with Crippen molar-refractivity contribution in [2.45, 2.75) is 302 Å². The molecule has 0 fully saturated rings. The fraction of sp³-hybridized carbons (Fsp3) is 0.857. The van der Waals surface area contributed by atoms with Crippen molar-refractivity contribution in [1.29, 1.82) is 0 Å². The Morgan fingerprint density at radius 1 is 0.468 bits per heavy atom. The summed E-state index contributed by atoms with van der Waals surface area (Å²) in [6.45, 7) is 6.45. The van der Waals surface area contributed by atoms with Gasteiger partial charge < -0.3 is 20.3 Å². The summed E-state index contributed by atoms with van der Waals surface area (Å²) >= 11 is 0. The van der Waals surface area contributed by atoms with Crippen LogP contribution in [-0.2, 0) is 14.3 Å². The number of esters is 1. The van der Waals surface area contributed by atoms with E-state index in [1.54, 1.807) is 0 Å². The Bertz CT molecular complexity index is 1020. The number of hydrogen-bond acceptors (Lipinski definition) is 5. The molecule has 0 bridgehead atoms. The van der Waals surface area contributed by atoms with Gasteiger partial charge in [-0.05, 0) is 83.5 Å². The molecule has 0 aliphatic rings. The van der Waals surface area contributed by atoms with E-state index in [4.69, 9.17) is 4.74 Å². The highest BCUT2D eigenvalue weighted by molar-refractivity contribution is 5.77. The van der Waals surface area contributed by atoms with Crippen molar-refractivity contribution in [2.75, 3.05) is 6.61 Å². The fourth-order valence-electron chi connectivity index (χ4n) is 8.28. The van der Waals surface area contributed by atoms with Crippen molar-refractivity contribution in [2.24, 2.45) is 0 Å². The molecular formula is C56H105NO5. The van der Waals surface area contributed by atoms with Gasteiger partial charge >= 0.3 is 5.97 Å². The van der Waals surface area contributed by atoms with E-state index in [9.17, 15) is 19.8 Å². The first-order valence-electron chi connectivity index (χ1n) is 27.2. The smallest absolute Gasteiger partial charge is 0.306 e. The van der Waals surface area contributed by atoms with Crippen LogP contribution in [0.2, 0.25) is 0 Å². The first-order valence-corrected chi connectivity index (χ1v) is 27.2. The van der Waals surface area contributed by atoms with Crippen molar-refractivity contribution >= 4 is 11.9 Å². The number of carbonyl (C=O) groups is 2. The average molecular weight is 872 g/mol. The largest absolute Gasteiger partial charge is 0.462 e. The molecule has 0 rings (SSSR count). The minimum atomic E-state index is -0.787. The molecule has 0 saturated carbocycles. The lowest BCUT2D eigenvalue weighted by Gasteiger charge is -2.24. The maximum Gasteiger partial charge on any atom is 0.306 e. The fourth-order valence-corrected chi connectivity index (χ4v) is 8.28. The van der Waals surface area contributed by atoms with Crippen LogP contribution in [-0.4, -0.2) is 46.9 Å². The Balaban J connectivity index is 4.55. The van der Waals surface area contributed by atoms with E-state index in [0.717, 1.165) is 70.6 Å². The number of rotatable bonds is 49. The molecule has 62 heavy (non-hydrogen) atoms. The highest BCUT2D eigenvalue weighted by atomic mass is 16.5. The lowest BCUT2D eigenvalue weighted by atomic mass is 10.0. The van der Waals surface area contributed by atoms with Crippen LogP contribution in [0.4, 0.5) is 0 Å². The van der Waals surface area contributed by atoms with Gasteiger partial charge in [0.25, 0.3) is 0 Å². The van der Waals surface area contributed by atoms with E-state index in [1.165, 1.54) is 167 Å². The van der Waals surface area contributed by atoms with Gasteiger partial charge in [0, 0.05) is 6.42 Å². The van der Waals surface area contributed by atoms with Crippen LogP contribution < -0.4 is 5.32 Å². The molecule has 0 saturated heterocycles. The summed E-state index contributed by atoms with van der Waals surface area (Å²) in [4.78, 5) is 26.2. The molecule has 0 aliphatic heterocycles. The van der Waals surface area contributed by atoms with Gasteiger partial charge in [-0.1, -0.05) is 224 Å². The van der Waals surface area contributed by atoms with Crippen molar-refractivity contribution in [3.05, 3.63) is 36.5 Å². The number of nitrogens with one attached hydrogen (secondary N) is 1. The summed E-state index contributed by atoms with van der Waals surface area (Å²) in [6, 6.07) is -0.701. The third-order valence-corrected chi connectivity index (χ3v) is 12.4. The molecule has 0 aromatic rings. The van der Waals surface area contributed by atoms with Gasteiger partial charge in [-0.2, -0.15) is 0 Å². The second kappa shape index (κ2) is 50.1. The summed E-state index contributed by atoms with van der Waals surface area (Å²) in [5, 5.41) is 23.7. The summed E-state index contributed by atoms with van der Waals surface area (Å²) in [5.74, 6) is -0.477. The standard InChI is InChI=1S/C56H105NO5/c1-4-7-10-13-16-19-21-23-25-27-29-31-33-36-38-41-44-47-52(50-55(60)57-53(51-58)54(59)48-45-42-39-35-18-15-12-9-6-3)62-56(61)49-46-43-40-37-34-32-30-28-26-24-22-20-17-14-11-8-5-2/h17,20,23-26,52-54,58-59H,4-16,18-19,21-22,27-51H2,1-3H3,(H,57,60)/b20-17-,25-23+,26-24-. The molecule has 1 amide bonds. The Morgan fingerprint density at radius 3 is 1.27 bits per heavy atom. The van der Waals surface area contributed by atoms with Crippen LogP contribution >= 0.6 is 0 Å². The van der Waals surface area contributed by atoms with Crippen LogP contribution in [0.1, 0.15) is 284 Å². The van der Waals surface area contributed by atoms with Crippen LogP contribution in [0.25, 0.3) is 0 Å². The van der Waals surface area contributed by atoms with Gasteiger partial charge in [0.1, 0.15) is 6.10 Å². The summed E-state index contributed by atoms with van der Waals surface area (Å²) in [5.41, 5.74) is 0. The highest BCUT2D eigenvalue weighted by Gasteiger charge is 2.24. The number of aliphatic hydroxyl groups excluding tert-OH is 2. The maximum absolute atomic E-state index is 13.2. The number of carbonyl (C=O) groups excluding carboxylic acids is 2. The summed E-state index contributed by atoms with van der Waals surface area (Å²) in [6.07, 6.45) is 59.2. The van der Waals surface area contributed by atoms with Crippen LogP contribution in [0.15, 0.2) is 36.5 Å². The molecule has 3 unspecified atom stereocenters. The Hall–Kier alpha value is -1.92. The van der Waals surface area contributed by atoms with E-state index in [0.29, 0.717) is 19.3 Å². The van der Waals surface area contributed by atoms with Crippen molar-refractivity contribution in [3.8, 4) is 0 Å². The Morgan fingerprint density at radius 2 is 0.823 bits per heavy atom. The van der Waals surface area contributed by atoms with Gasteiger partial charge in [0.2, 0.25) is 5.91 Å². The first-order chi connectivity index (χ1) is 30.5. The van der Waals surface area contributed by atoms with E-state index in [-0.39, 0.29) is 24.9 Å². The number of allylic oxidation sites excluding steroid dienone is 6. The molecular weight excluding hydrogens is 767 g/mol. The SMILES string of the molecule is CCCCC/C=C\C/C=C\CCCCCCCCCC(=O)OC(CCCCCCCCC/C=C/CCCCCCCC)CC(=O)NC(CO)C(O)CCCCCCCCCCC. The number of ether oxygens (including phenoxy) is 1. The lowest BCUT2D eigenvalue weighted by molar-refractivity contribution is -0.151. The van der Waals surface area contributed by atoms with Gasteiger partial charge in [-0.15, -0.1) is 0 Å². The van der Waals surface area contributed by atoms with E-state index < -0.39 is 18.2 Å². The lowest BCUT2D eigenvalue weighted by Crippen LogP contribution is -2.46. The normalized spacial score (nSPS) is 13.4. The van der Waals surface area contributed by atoms with Gasteiger partial charge in [-0.3, -0.25) is 9.59 Å². The summed E-state index contributed by atoms with van der Waals surface area (Å²) < 4.78 is 5.95. The van der Waals surface area contributed by atoms with Crippen molar-refractivity contribution in [1.82, 2.24) is 5.32 Å². The minimum absolute atomic E-state index is 0.0737. The molecule has 3 N–H and O–H groups in total. The zero-order chi connectivity index (χ0) is 45.2. The zero-order valence-corrected chi connectivity index (χ0v) is 41.5. The molecule has 0 spiro atoms. The average Bonchev–Trinajstić information content (AvgIpc) is 3.26. The molecule has 0 heterocycles. The van der Waals surface area contributed by atoms with Gasteiger partial charge in [-0.25, -0.2) is 0 Å². The van der Waals surface area contributed by atoms with E-state index in [1.807, 2.05) is 0 Å². The monoisotopic (exact) mass is 872 g/mol. The maximum atomic E-state index is 13.2. The molecule has 0 aliphatic carbocycles. The van der Waals surface area contributed by atoms with Crippen molar-refractivity contribution in [3.63, 3.8) is 0 Å². The van der Waals surface area contributed by atoms with E-state index >= 15 is 0 Å². The van der Waals surface area contributed by atoms with Gasteiger partial charge in [0.05, 0.1) is 25.2 Å². The molecule has 0 aromatic heterocycles. The predicted molar refractivity (Wildman–Crippen MR) is 269 cm³/mol. The quantitative estimate of drug-likeness (QED) is 0.0321. The third-order valence-electron chi connectivity index (χ3n) is 12.4. The van der Waals surface area contributed by atoms with Crippen LogP contribution in [0.3, 0.4) is 0 Å². The molecule has 6 nitrogen and oxygen atoms in total. The predicted octanol–water partition coefficient (Wildman–Crippen LogP) is 16.5. The molecule has 364 valence electrons. The second-order valence-corrected chi connectivity index (χ2v) is 18.6. The molecule has 6 heteroatoms. The van der Waals surface area contributed by atoms with E-state index in [2.05, 4.69) is 62.5 Å². The number of hydrogen-bond donors (Lipinski definition) is 3.